The molecule has 5 heteroatoms. The van der Waals surface area contributed by atoms with Gasteiger partial charge < -0.3 is 5.11 Å². The topological polar surface area (TPSA) is 66.0 Å². The molecule has 0 aliphatic heterocycles. The highest BCUT2D eigenvalue weighted by Gasteiger charge is 2.10. The first-order valence-corrected chi connectivity index (χ1v) is 4.63. The van der Waals surface area contributed by atoms with Crippen molar-refractivity contribution in [1.29, 1.82) is 0 Å². The Labute approximate surface area is 90.7 Å². The fraction of sp³-hybridized carbons (Fsp3) is 0.0909. The van der Waals surface area contributed by atoms with Crippen molar-refractivity contribution in [2.75, 3.05) is 0 Å². The molecular formula is C11H9FN2O2. The lowest BCUT2D eigenvalue weighted by molar-refractivity contribution is 0.0690. The first-order chi connectivity index (χ1) is 7.58. The van der Waals surface area contributed by atoms with Crippen molar-refractivity contribution in [3.8, 4) is 11.3 Å². The molecule has 0 fully saturated rings. The van der Waals surface area contributed by atoms with Crippen LogP contribution in [0, 0.1) is 12.7 Å². The first-order valence-electron chi connectivity index (χ1n) is 4.63. The molecule has 82 valence electrons. The number of carboxylic acid groups (broad SMARTS) is 1. The Morgan fingerprint density at radius 2 is 2.19 bits per heavy atom. The molecule has 1 heterocycles. The van der Waals surface area contributed by atoms with E-state index in [4.69, 9.17) is 5.11 Å². The third kappa shape index (κ3) is 1.79. The number of aromatic amines is 1. The van der Waals surface area contributed by atoms with E-state index in [2.05, 4.69) is 10.2 Å². The predicted octanol–water partition coefficient (Wildman–Crippen LogP) is 2.22. The molecular weight excluding hydrogens is 211 g/mol. The predicted molar refractivity (Wildman–Crippen MR) is 55.7 cm³/mol. The van der Waals surface area contributed by atoms with E-state index < -0.39 is 5.97 Å². The van der Waals surface area contributed by atoms with Gasteiger partial charge in [-0.2, -0.15) is 5.10 Å². The van der Waals surface area contributed by atoms with Crippen LogP contribution in [0.4, 0.5) is 4.39 Å². The summed E-state index contributed by atoms with van der Waals surface area (Å²) in [5.74, 6) is -1.39. The van der Waals surface area contributed by atoms with Crippen LogP contribution in [0.1, 0.15) is 16.1 Å². The fourth-order valence-corrected chi connectivity index (χ4v) is 1.48. The van der Waals surface area contributed by atoms with Gasteiger partial charge in [-0.05, 0) is 36.8 Å². The molecule has 0 amide bonds. The van der Waals surface area contributed by atoms with Crippen molar-refractivity contribution in [1.82, 2.24) is 10.2 Å². The number of benzene rings is 1. The average Bonchev–Trinajstić information content (AvgIpc) is 2.66. The highest BCUT2D eigenvalue weighted by Crippen LogP contribution is 2.22. The smallest absolute Gasteiger partial charge is 0.353 e. The Morgan fingerprint density at radius 3 is 2.75 bits per heavy atom. The van der Waals surface area contributed by atoms with Crippen molar-refractivity contribution in [3.05, 3.63) is 41.3 Å². The van der Waals surface area contributed by atoms with E-state index in [0.717, 1.165) is 0 Å². The summed E-state index contributed by atoms with van der Waals surface area (Å²) in [6, 6.07) is 5.69. The van der Waals surface area contributed by atoms with Crippen molar-refractivity contribution in [2.45, 2.75) is 6.92 Å². The molecule has 0 saturated heterocycles. The summed E-state index contributed by atoms with van der Waals surface area (Å²) in [5.41, 5.74) is 1.93. The number of carboxylic acids is 1. The maximum atomic E-state index is 12.9. The van der Waals surface area contributed by atoms with Crippen LogP contribution in [0.15, 0.2) is 24.3 Å². The molecule has 1 aromatic carbocycles. The van der Waals surface area contributed by atoms with Crippen molar-refractivity contribution in [3.63, 3.8) is 0 Å². The van der Waals surface area contributed by atoms with Crippen molar-refractivity contribution < 1.29 is 14.3 Å². The number of hydrogen-bond acceptors (Lipinski definition) is 2. The molecule has 16 heavy (non-hydrogen) atoms. The molecule has 0 bridgehead atoms. The van der Waals surface area contributed by atoms with Crippen molar-refractivity contribution in [2.24, 2.45) is 0 Å². The SMILES string of the molecule is Cc1cc(F)ccc1-c1cc(C(=O)O)[nH]n1. The lowest BCUT2D eigenvalue weighted by atomic mass is 10.1. The average molecular weight is 220 g/mol. The van der Waals surface area contributed by atoms with Gasteiger partial charge >= 0.3 is 5.97 Å². The molecule has 1 aromatic heterocycles. The Kier molecular flexibility index (Phi) is 2.44. The summed E-state index contributed by atoms with van der Waals surface area (Å²) in [6.07, 6.45) is 0. The third-order valence-electron chi connectivity index (χ3n) is 2.27. The van der Waals surface area contributed by atoms with E-state index >= 15 is 0 Å². The van der Waals surface area contributed by atoms with E-state index in [-0.39, 0.29) is 11.5 Å². The van der Waals surface area contributed by atoms with Gasteiger partial charge in [-0.15, -0.1) is 0 Å². The normalized spacial score (nSPS) is 10.4. The van der Waals surface area contributed by atoms with Gasteiger partial charge in [-0.3, -0.25) is 5.10 Å². The largest absolute Gasteiger partial charge is 0.477 e. The van der Waals surface area contributed by atoms with Crippen LogP contribution in [0.5, 0.6) is 0 Å². The summed E-state index contributed by atoms with van der Waals surface area (Å²) in [4.78, 5) is 10.7. The van der Waals surface area contributed by atoms with E-state index in [1.807, 2.05) is 0 Å². The third-order valence-corrected chi connectivity index (χ3v) is 2.27. The van der Waals surface area contributed by atoms with Gasteiger partial charge in [0.25, 0.3) is 0 Å². The minimum absolute atomic E-state index is 0.0127. The van der Waals surface area contributed by atoms with Gasteiger partial charge in [0.2, 0.25) is 0 Å². The molecule has 2 rings (SSSR count). The van der Waals surface area contributed by atoms with Crippen LogP contribution in [-0.2, 0) is 0 Å². The molecule has 0 atom stereocenters. The summed E-state index contributed by atoms with van der Waals surface area (Å²) < 4.78 is 12.9. The number of carbonyl (C=O) groups is 1. The fourth-order valence-electron chi connectivity index (χ4n) is 1.48. The number of aromatic carboxylic acids is 1. The van der Waals surface area contributed by atoms with E-state index in [9.17, 15) is 9.18 Å². The van der Waals surface area contributed by atoms with Crippen LogP contribution in [0.25, 0.3) is 11.3 Å². The molecule has 2 N–H and O–H groups in total. The second kappa shape index (κ2) is 3.77. The quantitative estimate of drug-likeness (QED) is 0.815. The molecule has 0 unspecified atom stereocenters. The highest BCUT2D eigenvalue weighted by molar-refractivity contribution is 5.87. The minimum Gasteiger partial charge on any atom is -0.477 e. The molecule has 4 nitrogen and oxygen atoms in total. The van der Waals surface area contributed by atoms with Crippen LogP contribution < -0.4 is 0 Å². The molecule has 0 radical (unpaired) electrons. The lowest BCUT2D eigenvalue weighted by Gasteiger charge is -2.01. The van der Waals surface area contributed by atoms with E-state index in [0.29, 0.717) is 16.8 Å². The molecule has 2 aromatic rings. The van der Waals surface area contributed by atoms with Gasteiger partial charge in [0.1, 0.15) is 11.5 Å². The summed E-state index contributed by atoms with van der Waals surface area (Å²) >= 11 is 0. The van der Waals surface area contributed by atoms with Gasteiger partial charge in [-0.25, -0.2) is 9.18 Å². The van der Waals surface area contributed by atoms with Gasteiger partial charge in [0.05, 0.1) is 5.69 Å². The van der Waals surface area contributed by atoms with Crippen LogP contribution in [0.2, 0.25) is 0 Å². The lowest BCUT2D eigenvalue weighted by Crippen LogP contribution is -1.95. The Hall–Kier alpha value is -2.17. The maximum Gasteiger partial charge on any atom is 0.353 e. The second-order valence-corrected chi connectivity index (χ2v) is 3.43. The molecule has 0 spiro atoms. The zero-order valence-electron chi connectivity index (χ0n) is 8.49. The highest BCUT2D eigenvalue weighted by atomic mass is 19.1. The molecule has 0 aliphatic rings. The number of aryl methyl sites for hydroxylation is 1. The van der Waals surface area contributed by atoms with Gasteiger partial charge in [-0.1, -0.05) is 0 Å². The second-order valence-electron chi connectivity index (χ2n) is 3.43. The van der Waals surface area contributed by atoms with Crippen LogP contribution in [-0.4, -0.2) is 21.3 Å². The zero-order valence-corrected chi connectivity index (χ0v) is 8.49. The summed E-state index contributed by atoms with van der Waals surface area (Å²) in [6.45, 7) is 1.74. The number of nitrogens with one attached hydrogen (secondary N) is 1. The molecule has 0 saturated carbocycles. The molecule has 0 aliphatic carbocycles. The number of hydrogen-bond donors (Lipinski definition) is 2. The van der Waals surface area contributed by atoms with Crippen LogP contribution >= 0.6 is 0 Å². The zero-order chi connectivity index (χ0) is 11.7. The number of nitrogens with zero attached hydrogens (tertiary/aromatic N) is 1. The number of aromatic nitrogens is 2. The number of halogens is 1. The van der Waals surface area contributed by atoms with Crippen LogP contribution in [0.3, 0.4) is 0 Å². The number of H-pyrrole nitrogens is 1. The van der Waals surface area contributed by atoms with E-state index in [1.54, 1.807) is 13.0 Å². The Morgan fingerprint density at radius 1 is 1.44 bits per heavy atom. The Bertz CT molecular complexity index is 549. The number of rotatable bonds is 2. The summed E-state index contributed by atoms with van der Waals surface area (Å²) in [5, 5.41) is 15.0. The minimum atomic E-state index is -1.07. The monoisotopic (exact) mass is 220 g/mol. The first kappa shape index (κ1) is 10.4. The van der Waals surface area contributed by atoms with Gasteiger partial charge in [0.15, 0.2) is 0 Å². The maximum absolute atomic E-state index is 12.9. The standard InChI is InChI=1S/C11H9FN2O2/c1-6-4-7(12)2-3-8(6)9-5-10(11(15)16)14-13-9/h2-5H,1H3,(H,13,14)(H,15,16). The summed E-state index contributed by atoms with van der Waals surface area (Å²) in [7, 11) is 0. The van der Waals surface area contributed by atoms with E-state index in [1.165, 1.54) is 18.2 Å². The van der Waals surface area contributed by atoms with Crippen molar-refractivity contribution >= 4 is 5.97 Å². The Balaban J connectivity index is 2.46. The van der Waals surface area contributed by atoms with Gasteiger partial charge in [0, 0.05) is 5.56 Å².